The monoisotopic (exact) mass is 880 g/mol. The lowest BCUT2D eigenvalue weighted by Crippen LogP contribution is -2.61. The van der Waals surface area contributed by atoms with Crippen LogP contribution in [-0.2, 0) is 10.8 Å². The number of benzene rings is 7. The van der Waals surface area contributed by atoms with E-state index in [1.165, 1.54) is 119 Å². The van der Waals surface area contributed by atoms with E-state index >= 15 is 0 Å². The first-order valence-electron chi connectivity index (χ1n) is 22.4. The van der Waals surface area contributed by atoms with Crippen LogP contribution < -0.4 is 26.2 Å². The van der Waals surface area contributed by atoms with Gasteiger partial charge in [0, 0.05) is 58.7 Å². The molecule has 0 aliphatic carbocycles. The standard InChI is InChI=1S/C58H49BN2S3/c1-34-27-39(58(6,7)8)28-35(2)55(34)61-48-20-14-19-47-54(48)59(53-43-31-38(57(3,4)5)24-26-52(43)64-56(53)61)46-25-23-37(45-33-63-51-22-12-10-18-42(45)51)30-49(46)60(47)40-16-13-15-36(29-40)44-32-62-50-21-11-9-17-41(44)50/h9-33H,1-8H3. The maximum atomic E-state index is 2.64. The minimum absolute atomic E-state index is 0.00860. The first kappa shape index (κ1) is 39.7. The molecule has 3 aromatic heterocycles. The molecule has 64 heavy (non-hydrogen) atoms. The van der Waals surface area contributed by atoms with E-state index in [4.69, 9.17) is 0 Å². The number of anilines is 6. The summed E-state index contributed by atoms with van der Waals surface area (Å²) in [6.07, 6.45) is 0. The highest BCUT2D eigenvalue weighted by atomic mass is 32.1. The topological polar surface area (TPSA) is 6.48 Å². The molecule has 0 bridgehead atoms. The van der Waals surface area contributed by atoms with Crippen molar-refractivity contribution in [2.24, 2.45) is 0 Å². The Hall–Kier alpha value is -5.92. The van der Waals surface area contributed by atoms with Crippen LogP contribution in [0.1, 0.15) is 63.8 Å². The van der Waals surface area contributed by atoms with Gasteiger partial charge in [-0.1, -0.05) is 133 Å². The molecule has 0 N–H and O–H groups in total. The molecule has 0 unspecified atom stereocenters. The number of nitrogens with zero attached hydrogens (tertiary/aromatic N) is 2. The maximum Gasteiger partial charge on any atom is 0.254 e. The zero-order valence-electron chi connectivity index (χ0n) is 37.6. The van der Waals surface area contributed by atoms with E-state index in [9.17, 15) is 0 Å². The molecule has 10 aromatic rings. The van der Waals surface area contributed by atoms with Crippen LogP contribution in [0, 0.1) is 13.8 Å². The average Bonchev–Trinajstić information content (AvgIpc) is 4.02. The van der Waals surface area contributed by atoms with Gasteiger partial charge in [0.1, 0.15) is 0 Å². The second-order valence-corrected chi connectivity index (χ2v) is 22.8. The molecule has 0 fully saturated rings. The van der Waals surface area contributed by atoms with Crippen molar-refractivity contribution in [2.45, 2.75) is 66.2 Å². The first-order valence-corrected chi connectivity index (χ1v) is 25.0. The smallest absolute Gasteiger partial charge is 0.254 e. The second kappa shape index (κ2) is 14.3. The molecule has 2 aliphatic heterocycles. The number of thiophene rings is 3. The summed E-state index contributed by atoms with van der Waals surface area (Å²) in [5.74, 6) is 0. The highest BCUT2D eigenvalue weighted by Gasteiger charge is 2.46. The van der Waals surface area contributed by atoms with Gasteiger partial charge >= 0.3 is 0 Å². The van der Waals surface area contributed by atoms with Crippen molar-refractivity contribution < 1.29 is 0 Å². The van der Waals surface area contributed by atoms with Crippen molar-refractivity contribution in [3.63, 3.8) is 0 Å². The summed E-state index contributed by atoms with van der Waals surface area (Å²) >= 11 is 5.61. The summed E-state index contributed by atoms with van der Waals surface area (Å²) in [4.78, 5) is 5.23. The second-order valence-electron chi connectivity index (χ2n) is 19.9. The van der Waals surface area contributed by atoms with Crippen LogP contribution in [-0.4, -0.2) is 6.71 Å². The van der Waals surface area contributed by atoms with E-state index in [1.54, 1.807) is 0 Å². The van der Waals surface area contributed by atoms with Crippen LogP contribution in [0.2, 0.25) is 0 Å². The average molecular weight is 881 g/mol. The third kappa shape index (κ3) is 6.02. The Morgan fingerprint density at radius 1 is 0.469 bits per heavy atom. The van der Waals surface area contributed by atoms with Gasteiger partial charge in [-0.15, -0.1) is 34.0 Å². The van der Waals surface area contributed by atoms with Crippen molar-refractivity contribution in [3.8, 4) is 22.3 Å². The minimum atomic E-state index is 0.00860. The molecule has 312 valence electrons. The van der Waals surface area contributed by atoms with Gasteiger partial charge < -0.3 is 9.80 Å². The first-order chi connectivity index (χ1) is 30.8. The molecule has 2 aliphatic rings. The molecule has 0 amide bonds. The molecule has 5 heterocycles. The fraction of sp³-hybridized carbons (Fsp3) is 0.172. The summed E-state index contributed by atoms with van der Waals surface area (Å²) in [5, 5.41) is 9.98. The molecular formula is C58H49BN2S3. The normalized spacial score (nSPS) is 13.5. The van der Waals surface area contributed by atoms with Gasteiger partial charge in [-0.2, -0.15) is 0 Å². The van der Waals surface area contributed by atoms with Crippen LogP contribution in [0.15, 0.2) is 150 Å². The maximum absolute atomic E-state index is 2.64. The van der Waals surface area contributed by atoms with E-state index < -0.39 is 0 Å². The van der Waals surface area contributed by atoms with Crippen molar-refractivity contribution in [1.82, 2.24) is 0 Å². The Labute approximate surface area is 389 Å². The SMILES string of the molecule is Cc1cc(C(C)(C)C)cc(C)c1N1c2cccc3c2B(c2ccc(-c4csc5ccccc45)cc2N3c2cccc(-c3csc4ccccc34)c2)c2c1sc1ccc(C(C)(C)C)cc21. The quantitative estimate of drug-likeness (QED) is 0.163. The molecule has 7 aromatic carbocycles. The van der Waals surface area contributed by atoms with E-state index in [1.807, 2.05) is 34.0 Å². The number of fused-ring (bicyclic) bond motifs is 8. The Morgan fingerprint density at radius 2 is 1.08 bits per heavy atom. The number of rotatable bonds is 4. The molecule has 0 radical (unpaired) electrons. The fourth-order valence-electron chi connectivity index (χ4n) is 10.5. The van der Waals surface area contributed by atoms with Crippen molar-refractivity contribution in [3.05, 3.63) is 173 Å². The molecule has 0 atom stereocenters. The zero-order valence-corrected chi connectivity index (χ0v) is 40.1. The molecule has 2 nitrogen and oxygen atoms in total. The van der Waals surface area contributed by atoms with Crippen molar-refractivity contribution in [1.29, 1.82) is 0 Å². The highest BCUT2D eigenvalue weighted by Crippen LogP contribution is 2.51. The Balaban J connectivity index is 1.17. The molecular weight excluding hydrogens is 832 g/mol. The van der Waals surface area contributed by atoms with Gasteiger partial charge in [-0.3, -0.25) is 0 Å². The largest absolute Gasteiger partial charge is 0.311 e. The van der Waals surface area contributed by atoms with E-state index in [-0.39, 0.29) is 17.5 Å². The Morgan fingerprint density at radius 3 is 1.73 bits per heavy atom. The lowest BCUT2D eigenvalue weighted by Gasteiger charge is -2.44. The van der Waals surface area contributed by atoms with E-state index in [0.717, 1.165) is 5.69 Å². The molecule has 0 saturated heterocycles. The highest BCUT2D eigenvalue weighted by molar-refractivity contribution is 7.26. The summed E-state index contributed by atoms with van der Waals surface area (Å²) in [6, 6.07) is 53.5. The van der Waals surface area contributed by atoms with Gasteiger partial charge in [-0.05, 0) is 139 Å². The van der Waals surface area contributed by atoms with Crippen LogP contribution in [0.5, 0.6) is 0 Å². The lowest BCUT2D eigenvalue weighted by atomic mass is 9.33. The summed E-state index contributed by atoms with van der Waals surface area (Å²) in [5.41, 5.74) is 20.7. The molecule has 6 heteroatoms. The fourth-order valence-corrected chi connectivity index (χ4v) is 13.7. The molecule has 12 rings (SSSR count). The summed E-state index contributed by atoms with van der Waals surface area (Å²) < 4.78 is 3.96. The Bertz CT molecular complexity index is 3510. The number of hydrogen-bond donors (Lipinski definition) is 0. The van der Waals surface area contributed by atoms with Crippen LogP contribution in [0.3, 0.4) is 0 Å². The third-order valence-corrected chi connectivity index (χ3v) is 16.8. The molecule has 0 saturated carbocycles. The zero-order chi connectivity index (χ0) is 43.8. The Kier molecular flexibility index (Phi) is 8.86. The van der Waals surface area contributed by atoms with E-state index in [2.05, 4.69) is 215 Å². The third-order valence-electron chi connectivity index (χ3n) is 13.7. The van der Waals surface area contributed by atoms with Gasteiger partial charge in [0.15, 0.2) is 0 Å². The lowest BCUT2D eigenvalue weighted by molar-refractivity contribution is 0.589. The van der Waals surface area contributed by atoms with Crippen LogP contribution >= 0.6 is 34.0 Å². The van der Waals surface area contributed by atoms with Crippen molar-refractivity contribution >= 4 is 121 Å². The minimum Gasteiger partial charge on any atom is -0.311 e. The molecule has 0 spiro atoms. The predicted octanol–water partition coefficient (Wildman–Crippen LogP) is 16.0. The van der Waals surface area contributed by atoms with E-state index in [0.29, 0.717) is 0 Å². The van der Waals surface area contributed by atoms with Gasteiger partial charge in [0.2, 0.25) is 0 Å². The summed E-state index contributed by atoms with van der Waals surface area (Å²) in [7, 11) is 0. The van der Waals surface area contributed by atoms with Crippen molar-refractivity contribution in [2.75, 3.05) is 9.80 Å². The summed E-state index contributed by atoms with van der Waals surface area (Å²) in [6.45, 7) is 18.7. The van der Waals surface area contributed by atoms with Gasteiger partial charge in [-0.25, -0.2) is 0 Å². The van der Waals surface area contributed by atoms with Gasteiger partial charge in [0.25, 0.3) is 6.71 Å². The number of hydrogen-bond acceptors (Lipinski definition) is 5. The van der Waals surface area contributed by atoms with Crippen LogP contribution in [0.4, 0.5) is 33.4 Å². The van der Waals surface area contributed by atoms with Gasteiger partial charge in [0.05, 0.1) is 10.7 Å². The predicted molar refractivity (Wildman–Crippen MR) is 284 cm³/mol. The number of aryl methyl sites for hydroxylation is 2. The van der Waals surface area contributed by atoms with Crippen LogP contribution in [0.25, 0.3) is 52.5 Å².